The summed E-state index contributed by atoms with van der Waals surface area (Å²) in [5.74, 6) is 0.0523. The van der Waals surface area contributed by atoms with E-state index in [1.807, 2.05) is 0 Å². The quantitative estimate of drug-likeness (QED) is 0.756. The Morgan fingerprint density at radius 1 is 1.13 bits per heavy atom. The summed E-state index contributed by atoms with van der Waals surface area (Å²) >= 11 is 0. The number of nitrogen functional groups attached to an aromatic ring is 1. The van der Waals surface area contributed by atoms with E-state index in [0.717, 1.165) is 6.07 Å². The molecule has 2 aromatic heterocycles. The van der Waals surface area contributed by atoms with Crippen LogP contribution in [-0.4, -0.2) is 69.1 Å². The number of rotatable bonds is 5. The Bertz CT molecular complexity index is 924. The highest BCUT2D eigenvalue weighted by Crippen LogP contribution is 2.37. The molecule has 0 radical (unpaired) electrons. The highest BCUT2D eigenvalue weighted by molar-refractivity contribution is 5.61. The number of halogens is 2. The molecule has 4 heterocycles. The molecule has 0 aromatic carbocycles. The first kappa shape index (κ1) is 21.7. The van der Waals surface area contributed by atoms with E-state index in [1.165, 1.54) is 12.5 Å². The molecule has 2 aromatic rings. The predicted molar refractivity (Wildman–Crippen MR) is 107 cm³/mol. The van der Waals surface area contributed by atoms with E-state index in [1.54, 1.807) is 0 Å². The molecule has 31 heavy (non-hydrogen) atoms. The van der Waals surface area contributed by atoms with Crippen LogP contribution in [0.1, 0.15) is 38.7 Å². The van der Waals surface area contributed by atoms with Gasteiger partial charge in [-0.05, 0) is 19.9 Å². The molecule has 0 atom stereocenters. The molecule has 2 aliphatic rings. The summed E-state index contributed by atoms with van der Waals surface area (Å²) in [6.07, 6.45) is 0.968. The van der Waals surface area contributed by atoms with Crippen molar-refractivity contribution in [3.8, 4) is 17.4 Å². The summed E-state index contributed by atoms with van der Waals surface area (Å²) in [4.78, 5) is 18.8. The van der Waals surface area contributed by atoms with E-state index in [-0.39, 0.29) is 34.3 Å². The molecule has 4 rings (SSSR count). The van der Waals surface area contributed by atoms with Crippen LogP contribution >= 0.6 is 0 Å². The van der Waals surface area contributed by atoms with Gasteiger partial charge in [-0.25, -0.2) is 18.7 Å². The van der Waals surface area contributed by atoms with Crippen molar-refractivity contribution >= 4 is 5.82 Å². The lowest BCUT2D eigenvalue weighted by atomic mass is 9.92. The molecule has 9 nitrogen and oxygen atoms in total. The van der Waals surface area contributed by atoms with Gasteiger partial charge in [0.1, 0.15) is 12.1 Å². The van der Waals surface area contributed by atoms with Crippen molar-refractivity contribution in [1.29, 1.82) is 0 Å². The van der Waals surface area contributed by atoms with Crippen molar-refractivity contribution in [3.05, 3.63) is 24.2 Å². The van der Waals surface area contributed by atoms with Gasteiger partial charge in [0.25, 0.3) is 6.43 Å². The van der Waals surface area contributed by atoms with Gasteiger partial charge in [0.2, 0.25) is 0 Å². The van der Waals surface area contributed by atoms with Gasteiger partial charge in [0, 0.05) is 42.2 Å². The zero-order valence-electron chi connectivity index (χ0n) is 17.6. The summed E-state index contributed by atoms with van der Waals surface area (Å²) < 4.78 is 44.7. The standard InChI is InChI=1S/C20H26F2N6O3/c1-19(2)11-30-8-5-28(19)20(3-6-29-7-4-20)31-18-26-12-25-17(27-18)14-10-24-15(23)9-13(14)16(21)22/h9-10,12,16H,3-8,11H2,1-2H3,(H2,23,24). The topological polar surface area (TPSA) is 109 Å². The number of anilines is 1. The number of alkyl halides is 2. The first-order valence-corrected chi connectivity index (χ1v) is 10.2. The van der Waals surface area contributed by atoms with E-state index < -0.39 is 12.2 Å². The Kier molecular flexibility index (Phi) is 6.00. The van der Waals surface area contributed by atoms with Crippen molar-refractivity contribution in [3.63, 3.8) is 0 Å². The summed E-state index contributed by atoms with van der Waals surface area (Å²) in [5.41, 5.74) is 4.40. The third kappa shape index (κ3) is 4.43. The molecule has 0 spiro atoms. The minimum atomic E-state index is -2.75. The number of aromatic nitrogens is 4. The van der Waals surface area contributed by atoms with E-state index in [0.29, 0.717) is 45.8 Å². The van der Waals surface area contributed by atoms with Crippen LogP contribution in [-0.2, 0) is 9.47 Å². The fourth-order valence-corrected chi connectivity index (χ4v) is 4.22. The molecule has 2 fully saturated rings. The fourth-order valence-electron chi connectivity index (χ4n) is 4.22. The van der Waals surface area contributed by atoms with Crippen molar-refractivity contribution in [2.24, 2.45) is 0 Å². The molecule has 0 bridgehead atoms. The van der Waals surface area contributed by atoms with Crippen LogP contribution in [0.15, 0.2) is 18.6 Å². The zero-order chi connectivity index (χ0) is 22.1. The molecule has 168 valence electrons. The summed E-state index contributed by atoms with van der Waals surface area (Å²) in [6, 6.07) is 1.19. The van der Waals surface area contributed by atoms with E-state index in [9.17, 15) is 8.78 Å². The number of nitrogens with zero attached hydrogens (tertiary/aromatic N) is 5. The largest absolute Gasteiger partial charge is 0.441 e. The Labute approximate surface area is 179 Å². The molecular weight excluding hydrogens is 410 g/mol. The van der Waals surface area contributed by atoms with E-state index in [4.69, 9.17) is 19.9 Å². The highest BCUT2D eigenvalue weighted by Gasteiger charge is 2.49. The second-order valence-corrected chi connectivity index (χ2v) is 8.27. The van der Waals surface area contributed by atoms with Crippen LogP contribution in [0.5, 0.6) is 6.01 Å². The van der Waals surface area contributed by atoms with Gasteiger partial charge in [-0.15, -0.1) is 0 Å². The van der Waals surface area contributed by atoms with Crippen LogP contribution in [0.4, 0.5) is 14.6 Å². The molecule has 0 amide bonds. The Morgan fingerprint density at radius 3 is 2.61 bits per heavy atom. The third-order valence-corrected chi connectivity index (χ3v) is 5.68. The predicted octanol–water partition coefficient (Wildman–Crippen LogP) is 2.45. The first-order valence-electron chi connectivity index (χ1n) is 10.2. The average molecular weight is 436 g/mol. The second kappa shape index (κ2) is 8.56. The molecule has 2 aliphatic heterocycles. The first-order chi connectivity index (χ1) is 14.8. The number of hydrogen-bond acceptors (Lipinski definition) is 9. The number of ether oxygens (including phenoxy) is 3. The normalized spacial score (nSPS) is 21.2. The summed E-state index contributed by atoms with van der Waals surface area (Å²) in [6.45, 7) is 7.10. The molecule has 0 saturated carbocycles. The smallest absolute Gasteiger partial charge is 0.321 e. The zero-order valence-corrected chi connectivity index (χ0v) is 17.6. The minimum absolute atomic E-state index is 0.000266. The van der Waals surface area contributed by atoms with Crippen LogP contribution in [0.2, 0.25) is 0 Å². The maximum Gasteiger partial charge on any atom is 0.321 e. The Morgan fingerprint density at radius 2 is 1.90 bits per heavy atom. The van der Waals surface area contributed by atoms with Gasteiger partial charge in [0.05, 0.1) is 26.4 Å². The maximum absolute atomic E-state index is 13.5. The highest BCUT2D eigenvalue weighted by atomic mass is 19.3. The van der Waals surface area contributed by atoms with E-state index in [2.05, 4.69) is 38.7 Å². The van der Waals surface area contributed by atoms with Crippen molar-refractivity contribution in [2.75, 3.05) is 38.7 Å². The lowest BCUT2D eigenvalue weighted by Crippen LogP contribution is -2.67. The number of pyridine rings is 1. The molecule has 11 heteroatoms. The van der Waals surface area contributed by atoms with Crippen molar-refractivity contribution in [2.45, 2.75) is 44.4 Å². The van der Waals surface area contributed by atoms with E-state index >= 15 is 0 Å². The lowest BCUT2D eigenvalue weighted by molar-refractivity contribution is -0.212. The third-order valence-electron chi connectivity index (χ3n) is 5.68. The van der Waals surface area contributed by atoms with Crippen LogP contribution in [0.3, 0.4) is 0 Å². The van der Waals surface area contributed by atoms with Gasteiger partial charge in [-0.1, -0.05) is 0 Å². The minimum Gasteiger partial charge on any atom is -0.441 e. The maximum atomic E-state index is 13.5. The summed E-state index contributed by atoms with van der Waals surface area (Å²) in [7, 11) is 0. The summed E-state index contributed by atoms with van der Waals surface area (Å²) in [5, 5.41) is 0. The SMILES string of the molecule is CC1(C)COCCN1C1(Oc2ncnc(-c3cnc(N)cc3C(F)F)n2)CCOCC1. The second-order valence-electron chi connectivity index (χ2n) is 8.27. The van der Waals surface area contributed by atoms with Gasteiger partial charge >= 0.3 is 6.01 Å². The molecule has 0 aliphatic carbocycles. The van der Waals surface area contributed by atoms with Gasteiger partial charge in [-0.3, -0.25) is 4.90 Å². The Hall–Kier alpha value is -2.50. The van der Waals surface area contributed by atoms with Crippen LogP contribution in [0, 0.1) is 0 Å². The molecular formula is C20H26F2N6O3. The number of hydrogen-bond donors (Lipinski definition) is 1. The monoisotopic (exact) mass is 436 g/mol. The van der Waals surface area contributed by atoms with Gasteiger partial charge < -0.3 is 19.9 Å². The van der Waals surface area contributed by atoms with Crippen molar-refractivity contribution in [1.82, 2.24) is 24.8 Å². The average Bonchev–Trinajstić information content (AvgIpc) is 2.74. The molecule has 2 N–H and O–H groups in total. The molecule has 0 unspecified atom stereocenters. The van der Waals surface area contributed by atoms with Gasteiger partial charge in [0.15, 0.2) is 11.5 Å². The fraction of sp³-hybridized carbons (Fsp3) is 0.600. The van der Waals surface area contributed by atoms with Crippen molar-refractivity contribution < 1.29 is 23.0 Å². The number of nitrogens with two attached hydrogens (primary N) is 1. The van der Waals surface area contributed by atoms with Crippen LogP contribution in [0.25, 0.3) is 11.4 Å². The lowest BCUT2D eigenvalue weighted by Gasteiger charge is -2.53. The number of morpholine rings is 1. The Balaban J connectivity index is 1.69. The molecule has 2 saturated heterocycles. The van der Waals surface area contributed by atoms with Gasteiger partial charge in [-0.2, -0.15) is 9.97 Å². The van der Waals surface area contributed by atoms with Crippen LogP contribution < -0.4 is 10.5 Å².